The molecule has 0 aliphatic carbocycles. The predicted octanol–water partition coefficient (Wildman–Crippen LogP) is 2.48. The van der Waals surface area contributed by atoms with E-state index in [1.807, 2.05) is 20.0 Å². The quantitative estimate of drug-likeness (QED) is 0.885. The Kier molecular flexibility index (Phi) is 3.24. The summed E-state index contributed by atoms with van der Waals surface area (Å²) in [6.07, 6.45) is 1.87. The molecule has 0 aliphatic heterocycles. The minimum Gasteiger partial charge on any atom is -0.326 e. The van der Waals surface area contributed by atoms with Crippen LogP contribution in [-0.2, 0) is 13.1 Å². The van der Waals surface area contributed by atoms with Gasteiger partial charge in [-0.1, -0.05) is 6.07 Å². The standard InChI is InChI=1S/C13H16FN3/c1-3-17-8-12(9(2)16-17)11-6-10(7-15)4-5-13(11)14/h4-6,8H,3,7,15H2,1-2H3. The third-order valence-corrected chi connectivity index (χ3v) is 2.83. The average molecular weight is 233 g/mol. The van der Waals surface area contributed by atoms with Crippen molar-refractivity contribution >= 4 is 0 Å². The Morgan fingerprint density at radius 1 is 1.35 bits per heavy atom. The van der Waals surface area contributed by atoms with Gasteiger partial charge in [-0.05, 0) is 31.5 Å². The fourth-order valence-corrected chi connectivity index (χ4v) is 1.85. The number of hydrogen-bond acceptors (Lipinski definition) is 2. The fourth-order valence-electron chi connectivity index (χ4n) is 1.85. The van der Waals surface area contributed by atoms with Crippen molar-refractivity contribution < 1.29 is 4.39 Å². The van der Waals surface area contributed by atoms with Crippen LogP contribution in [0.25, 0.3) is 11.1 Å². The van der Waals surface area contributed by atoms with Gasteiger partial charge in [0.15, 0.2) is 0 Å². The van der Waals surface area contributed by atoms with Gasteiger partial charge in [0.2, 0.25) is 0 Å². The first-order valence-electron chi connectivity index (χ1n) is 5.68. The second kappa shape index (κ2) is 4.67. The third-order valence-electron chi connectivity index (χ3n) is 2.83. The lowest BCUT2D eigenvalue weighted by atomic mass is 10.0. The molecule has 0 amide bonds. The maximum absolute atomic E-state index is 13.8. The summed E-state index contributed by atoms with van der Waals surface area (Å²) >= 11 is 0. The van der Waals surface area contributed by atoms with E-state index in [0.717, 1.165) is 23.4 Å². The van der Waals surface area contributed by atoms with E-state index in [9.17, 15) is 4.39 Å². The molecule has 0 saturated heterocycles. The zero-order valence-electron chi connectivity index (χ0n) is 10.1. The minimum atomic E-state index is -0.235. The lowest BCUT2D eigenvalue weighted by molar-refractivity contribution is 0.630. The van der Waals surface area contributed by atoms with Gasteiger partial charge >= 0.3 is 0 Å². The maximum atomic E-state index is 13.8. The van der Waals surface area contributed by atoms with Gasteiger partial charge in [0.1, 0.15) is 5.82 Å². The van der Waals surface area contributed by atoms with Gasteiger partial charge in [-0.3, -0.25) is 4.68 Å². The molecule has 2 aromatic rings. The van der Waals surface area contributed by atoms with Crippen molar-refractivity contribution in [2.75, 3.05) is 0 Å². The lowest BCUT2D eigenvalue weighted by Crippen LogP contribution is -1.97. The van der Waals surface area contributed by atoms with E-state index in [0.29, 0.717) is 12.1 Å². The van der Waals surface area contributed by atoms with Crippen LogP contribution in [0.1, 0.15) is 18.2 Å². The number of aromatic nitrogens is 2. The van der Waals surface area contributed by atoms with Gasteiger partial charge in [0.25, 0.3) is 0 Å². The van der Waals surface area contributed by atoms with Gasteiger partial charge in [0.05, 0.1) is 5.69 Å². The molecule has 3 nitrogen and oxygen atoms in total. The van der Waals surface area contributed by atoms with Crippen LogP contribution in [0.2, 0.25) is 0 Å². The monoisotopic (exact) mass is 233 g/mol. The first kappa shape index (κ1) is 11.8. The summed E-state index contributed by atoms with van der Waals surface area (Å²) in [4.78, 5) is 0. The van der Waals surface area contributed by atoms with E-state index in [-0.39, 0.29) is 5.82 Å². The zero-order chi connectivity index (χ0) is 12.4. The van der Waals surface area contributed by atoms with Crippen LogP contribution in [0.4, 0.5) is 4.39 Å². The number of rotatable bonds is 3. The average Bonchev–Trinajstić information content (AvgIpc) is 2.71. The highest BCUT2D eigenvalue weighted by Gasteiger charge is 2.11. The molecular weight excluding hydrogens is 217 g/mol. The molecule has 1 heterocycles. The van der Waals surface area contributed by atoms with Gasteiger partial charge in [-0.2, -0.15) is 5.10 Å². The van der Waals surface area contributed by atoms with Crippen LogP contribution in [0.15, 0.2) is 24.4 Å². The molecule has 0 unspecified atom stereocenters. The van der Waals surface area contributed by atoms with Gasteiger partial charge in [0, 0.05) is 30.4 Å². The van der Waals surface area contributed by atoms with E-state index >= 15 is 0 Å². The van der Waals surface area contributed by atoms with Crippen LogP contribution >= 0.6 is 0 Å². The van der Waals surface area contributed by atoms with Gasteiger partial charge in [-0.25, -0.2) is 4.39 Å². The summed E-state index contributed by atoms with van der Waals surface area (Å²) in [5.41, 5.74) is 8.73. The number of hydrogen-bond donors (Lipinski definition) is 1. The van der Waals surface area contributed by atoms with Crippen molar-refractivity contribution in [2.45, 2.75) is 26.9 Å². The molecule has 2 N–H and O–H groups in total. The highest BCUT2D eigenvalue weighted by molar-refractivity contribution is 5.66. The number of nitrogens with zero attached hydrogens (tertiary/aromatic N) is 2. The highest BCUT2D eigenvalue weighted by atomic mass is 19.1. The molecule has 2 rings (SSSR count). The summed E-state index contributed by atoms with van der Waals surface area (Å²) in [6.45, 7) is 5.08. The van der Waals surface area contributed by atoms with Crippen molar-refractivity contribution in [3.63, 3.8) is 0 Å². The number of nitrogens with two attached hydrogens (primary N) is 1. The molecule has 0 atom stereocenters. The van der Waals surface area contributed by atoms with E-state index in [2.05, 4.69) is 5.10 Å². The van der Waals surface area contributed by atoms with E-state index in [4.69, 9.17) is 5.73 Å². The van der Waals surface area contributed by atoms with Crippen molar-refractivity contribution in [3.05, 3.63) is 41.5 Å². The van der Waals surface area contributed by atoms with Crippen LogP contribution in [-0.4, -0.2) is 9.78 Å². The fraction of sp³-hybridized carbons (Fsp3) is 0.308. The smallest absolute Gasteiger partial charge is 0.131 e. The first-order valence-corrected chi connectivity index (χ1v) is 5.68. The van der Waals surface area contributed by atoms with Crippen molar-refractivity contribution in [3.8, 4) is 11.1 Å². The normalized spacial score (nSPS) is 10.8. The lowest BCUT2D eigenvalue weighted by Gasteiger charge is -2.04. The van der Waals surface area contributed by atoms with Crippen molar-refractivity contribution in [1.29, 1.82) is 0 Å². The zero-order valence-corrected chi connectivity index (χ0v) is 10.1. The molecule has 90 valence electrons. The van der Waals surface area contributed by atoms with Crippen molar-refractivity contribution in [1.82, 2.24) is 9.78 Å². The Balaban J connectivity index is 2.54. The molecule has 4 heteroatoms. The van der Waals surface area contributed by atoms with E-state index in [1.54, 1.807) is 16.8 Å². The summed E-state index contributed by atoms with van der Waals surface area (Å²) in [5.74, 6) is -0.235. The van der Waals surface area contributed by atoms with Crippen LogP contribution in [0.5, 0.6) is 0 Å². The maximum Gasteiger partial charge on any atom is 0.131 e. The van der Waals surface area contributed by atoms with Crippen LogP contribution in [0.3, 0.4) is 0 Å². The molecule has 0 aliphatic rings. The first-order chi connectivity index (χ1) is 8.15. The largest absolute Gasteiger partial charge is 0.326 e. The highest BCUT2D eigenvalue weighted by Crippen LogP contribution is 2.26. The molecule has 17 heavy (non-hydrogen) atoms. The number of benzene rings is 1. The Bertz CT molecular complexity index is 531. The summed E-state index contributed by atoms with van der Waals surface area (Å²) < 4.78 is 15.6. The summed E-state index contributed by atoms with van der Waals surface area (Å²) in [6, 6.07) is 4.96. The van der Waals surface area contributed by atoms with Gasteiger partial charge in [-0.15, -0.1) is 0 Å². The molecule has 1 aromatic carbocycles. The predicted molar refractivity (Wildman–Crippen MR) is 65.9 cm³/mol. The Morgan fingerprint density at radius 2 is 2.12 bits per heavy atom. The van der Waals surface area contributed by atoms with Gasteiger partial charge < -0.3 is 5.73 Å². The Hall–Kier alpha value is -1.68. The van der Waals surface area contributed by atoms with Crippen LogP contribution < -0.4 is 5.73 Å². The molecule has 0 bridgehead atoms. The third kappa shape index (κ3) is 2.22. The van der Waals surface area contributed by atoms with Crippen molar-refractivity contribution in [2.24, 2.45) is 5.73 Å². The Morgan fingerprint density at radius 3 is 2.71 bits per heavy atom. The number of halogens is 1. The van der Waals surface area contributed by atoms with E-state index < -0.39 is 0 Å². The molecule has 0 saturated carbocycles. The molecular formula is C13H16FN3. The topological polar surface area (TPSA) is 43.8 Å². The van der Waals surface area contributed by atoms with Crippen LogP contribution in [0, 0.1) is 12.7 Å². The summed E-state index contributed by atoms with van der Waals surface area (Å²) in [7, 11) is 0. The SMILES string of the molecule is CCn1cc(-c2cc(CN)ccc2F)c(C)n1. The second-order valence-corrected chi connectivity index (χ2v) is 4.00. The minimum absolute atomic E-state index is 0.235. The second-order valence-electron chi connectivity index (χ2n) is 4.00. The molecule has 0 radical (unpaired) electrons. The molecule has 0 spiro atoms. The number of aryl methyl sites for hydroxylation is 2. The molecule has 0 fully saturated rings. The summed E-state index contributed by atoms with van der Waals surface area (Å²) in [5, 5.41) is 4.32. The molecule has 1 aromatic heterocycles. The Labute approximate surface area is 100 Å². The van der Waals surface area contributed by atoms with E-state index in [1.165, 1.54) is 6.07 Å².